The van der Waals surface area contributed by atoms with Crippen molar-refractivity contribution in [3.63, 3.8) is 0 Å². The van der Waals surface area contributed by atoms with Crippen LogP contribution in [-0.2, 0) is 20.9 Å². The van der Waals surface area contributed by atoms with E-state index in [2.05, 4.69) is 34.5 Å². The Bertz CT molecular complexity index is 1380. The number of rotatable bonds is 9. The zero-order chi connectivity index (χ0) is 26.5. The number of fused-ring (bicyclic) bond motifs is 1. The maximum absolute atomic E-state index is 14.1. The molecule has 1 N–H and O–H groups in total. The van der Waals surface area contributed by atoms with E-state index in [0.717, 1.165) is 23.9 Å². The number of carbonyl (C=O) groups excluding carboxylic acids is 2. The van der Waals surface area contributed by atoms with Crippen LogP contribution in [0.15, 0.2) is 73.1 Å². The minimum atomic E-state index is -0.933. The number of hydrogen-bond acceptors (Lipinski definition) is 6. The minimum absolute atomic E-state index is 0.0236. The van der Waals surface area contributed by atoms with Gasteiger partial charge in [0.1, 0.15) is 18.1 Å². The van der Waals surface area contributed by atoms with Crippen LogP contribution in [-0.4, -0.2) is 51.0 Å². The Morgan fingerprint density at radius 3 is 2.61 bits per heavy atom. The number of amides is 2. The van der Waals surface area contributed by atoms with Gasteiger partial charge in [0.05, 0.1) is 11.6 Å². The highest BCUT2D eigenvalue weighted by Crippen LogP contribution is 2.30. The number of para-hydroxylation sites is 1. The molecule has 0 unspecified atom stereocenters. The number of carbonyl (C=O) groups is 2. The zero-order valence-corrected chi connectivity index (χ0v) is 21.7. The topological polar surface area (TPSA) is 102 Å². The lowest BCUT2D eigenvalue weighted by molar-refractivity contribution is -0.127. The van der Waals surface area contributed by atoms with Gasteiger partial charge in [-0.2, -0.15) is 0 Å². The first-order chi connectivity index (χ1) is 18.5. The number of nitrogens with one attached hydrogen (secondary N) is 1. The molecule has 1 saturated heterocycles. The van der Waals surface area contributed by atoms with Crippen molar-refractivity contribution in [3.05, 3.63) is 84.2 Å². The highest BCUT2D eigenvalue weighted by Gasteiger charge is 2.34. The molecule has 4 aromatic rings. The van der Waals surface area contributed by atoms with Gasteiger partial charge in [-0.05, 0) is 54.7 Å². The second-order valence-electron chi connectivity index (χ2n) is 9.81. The molecule has 0 bridgehead atoms. The number of anilines is 1. The van der Waals surface area contributed by atoms with Gasteiger partial charge in [-0.15, -0.1) is 5.10 Å². The van der Waals surface area contributed by atoms with Gasteiger partial charge in [-0.3, -0.25) is 19.5 Å². The molecular weight excluding hydrogens is 480 g/mol. The maximum Gasteiger partial charge on any atom is 0.249 e. The van der Waals surface area contributed by atoms with Crippen molar-refractivity contribution < 1.29 is 14.3 Å². The van der Waals surface area contributed by atoms with Crippen molar-refractivity contribution in [1.29, 1.82) is 0 Å². The van der Waals surface area contributed by atoms with Crippen molar-refractivity contribution in [2.75, 3.05) is 18.1 Å². The molecule has 0 saturated carbocycles. The summed E-state index contributed by atoms with van der Waals surface area (Å²) in [5.41, 5.74) is 3.82. The van der Waals surface area contributed by atoms with Crippen LogP contribution in [0.5, 0.6) is 0 Å². The fraction of sp³-hybridized carbons (Fsp3) is 0.345. The van der Waals surface area contributed by atoms with Crippen molar-refractivity contribution in [2.24, 2.45) is 0 Å². The summed E-state index contributed by atoms with van der Waals surface area (Å²) in [4.78, 5) is 33.6. The van der Waals surface area contributed by atoms with Gasteiger partial charge in [0, 0.05) is 36.8 Å². The molecule has 9 nitrogen and oxygen atoms in total. The van der Waals surface area contributed by atoms with Crippen LogP contribution >= 0.6 is 0 Å². The molecule has 1 aliphatic rings. The number of benzene rings is 2. The molecule has 0 aliphatic carbocycles. The summed E-state index contributed by atoms with van der Waals surface area (Å²) in [6.45, 7) is 5.24. The van der Waals surface area contributed by atoms with E-state index in [-0.39, 0.29) is 24.5 Å². The molecule has 2 aromatic carbocycles. The Morgan fingerprint density at radius 1 is 1.08 bits per heavy atom. The van der Waals surface area contributed by atoms with Crippen molar-refractivity contribution in [2.45, 2.75) is 51.3 Å². The molecular formula is C29H32N6O3. The molecule has 3 heterocycles. The lowest BCUT2D eigenvalue weighted by Crippen LogP contribution is -2.46. The predicted molar refractivity (Wildman–Crippen MR) is 145 cm³/mol. The third-order valence-electron chi connectivity index (χ3n) is 6.85. The molecule has 5 rings (SSSR count). The van der Waals surface area contributed by atoms with Gasteiger partial charge in [0.2, 0.25) is 11.8 Å². The molecule has 196 valence electrons. The molecule has 2 atom stereocenters. The number of nitrogens with zero attached hydrogens (tertiary/aromatic N) is 5. The Morgan fingerprint density at radius 2 is 1.89 bits per heavy atom. The normalized spacial score (nSPS) is 16.0. The summed E-state index contributed by atoms with van der Waals surface area (Å²) < 4.78 is 7.27. The van der Waals surface area contributed by atoms with Crippen LogP contribution in [0, 0.1) is 0 Å². The zero-order valence-electron chi connectivity index (χ0n) is 21.7. The maximum atomic E-state index is 14.1. The summed E-state index contributed by atoms with van der Waals surface area (Å²) in [5.74, 6) is -0.254. The number of hydrogen-bond donors (Lipinski definition) is 1. The Hall–Kier alpha value is -4.11. The molecule has 2 aromatic heterocycles. The minimum Gasteiger partial charge on any atom is -0.376 e. The summed E-state index contributed by atoms with van der Waals surface area (Å²) >= 11 is 0. The van der Waals surface area contributed by atoms with E-state index >= 15 is 0 Å². The summed E-state index contributed by atoms with van der Waals surface area (Å²) in [7, 11) is 0. The quantitative estimate of drug-likeness (QED) is 0.363. The Labute approximate surface area is 221 Å². The van der Waals surface area contributed by atoms with E-state index in [1.807, 2.05) is 54.6 Å². The lowest BCUT2D eigenvalue weighted by atomic mass is 10.0. The molecule has 0 radical (unpaired) electrons. The molecule has 0 spiro atoms. The first-order valence-corrected chi connectivity index (χ1v) is 13.0. The Balaban J connectivity index is 1.52. The van der Waals surface area contributed by atoms with E-state index in [1.54, 1.807) is 28.0 Å². The third-order valence-corrected chi connectivity index (χ3v) is 6.85. The SMILES string of the molecule is CC(C)c1ccc(N(C(=O)Cn2nnc3ccccc32)[C@H](C(=O)NC[C@H]2CCCO2)c2cccnc2)cc1. The van der Waals surface area contributed by atoms with Gasteiger partial charge in [0.15, 0.2) is 0 Å². The van der Waals surface area contributed by atoms with Gasteiger partial charge in [-0.1, -0.05) is 49.4 Å². The van der Waals surface area contributed by atoms with Gasteiger partial charge >= 0.3 is 0 Å². The molecule has 1 fully saturated rings. The summed E-state index contributed by atoms with van der Waals surface area (Å²) in [5, 5.41) is 11.4. The fourth-order valence-corrected chi connectivity index (χ4v) is 4.77. The van der Waals surface area contributed by atoms with Crippen molar-refractivity contribution >= 4 is 28.5 Å². The monoisotopic (exact) mass is 512 g/mol. The third kappa shape index (κ3) is 5.57. The average molecular weight is 513 g/mol. The van der Waals surface area contributed by atoms with Gasteiger partial charge < -0.3 is 10.1 Å². The first kappa shape index (κ1) is 25.5. The molecule has 9 heteroatoms. The number of pyridine rings is 1. The van der Waals surface area contributed by atoms with Crippen LogP contribution in [0.2, 0.25) is 0 Å². The van der Waals surface area contributed by atoms with Crippen LogP contribution in [0.3, 0.4) is 0 Å². The highest BCUT2D eigenvalue weighted by atomic mass is 16.5. The van der Waals surface area contributed by atoms with Gasteiger partial charge in [-0.25, -0.2) is 4.68 Å². The van der Waals surface area contributed by atoms with Crippen molar-refractivity contribution in [3.8, 4) is 0 Å². The summed E-state index contributed by atoms with van der Waals surface area (Å²) in [6.07, 6.45) is 5.13. The summed E-state index contributed by atoms with van der Waals surface area (Å²) in [6, 6.07) is 17.9. The second kappa shape index (κ2) is 11.5. The standard InChI is InChI=1S/C29H32N6O3/c1-20(2)21-11-13-23(14-12-21)35(27(36)19-34-26-10-4-3-9-25(26)32-33-34)28(22-7-5-15-30-17-22)29(37)31-18-24-8-6-16-38-24/h3-5,7,9-15,17,20,24,28H,6,8,16,18-19H2,1-2H3,(H,31,37)/t24-,28+/m1/s1. The Kier molecular flexibility index (Phi) is 7.74. The van der Waals surface area contributed by atoms with E-state index in [4.69, 9.17) is 4.74 Å². The number of aromatic nitrogens is 4. The molecule has 1 aliphatic heterocycles. The number of ether oxygens (including phenoxy) is 1. The molecule has 2 amide bonds. The first-order valence-electron chi connectivity index (χ1n) is 13.0. The van der Waals surface area contributed by atoms with Crippen LogP contribution < -0.4 is 10.2 Å². The van der Waals surface area contributed by atoms with Crippen molar-refractivity contribution in [1.82, 2.24) is 25.3 Å². The lowest BCUT2D eigenvalue weighted by Gasteiger charge is -2.32. The van der Waals surface area contributed by atoms with Gasteiger partial charge in [0.25, 0.3) is 0 Å². The largest absolute Gasteiger partial charge is 0.376 e. The van der Waals surface area contributed by atoms with E-state index in [1.165, 1.54) is 0 Å². The smallest absolute Gasteiger partial charge is 0.249 e. The van der Waals surface area contributed by atoms with E-state index in [0.29, 0.717) is 35.8 Å². The molecule has 38 heavy (non-hydrogen) atoms. The van der Waals surface area contributed by atoms with E-state index < -0.39 is 6.04 Å². The van der Waals surface area contributed by atoms with Crippen LogP contribution in [0.1, 0.15) is 49.8 Å². The highest BCUT2D eigenvalue weighted by molar-refractivity contribution is 6.01. The average Bonchev–Trinajstić information content (AvgIpc) is 3.61. The van der Waals surface area contributed by atoms with E-state index in [9.17, 15) is 9.59 Å². The predicted octanol–water partition coefficient (Wildman–Crippen LogP) is 4.02. The van der Waals surface area contributed by atoms with Crippen LogP contribution in [0.25, 0.3) is 11.0 Å². The fourth-order valence-electron chi connectivity index (χ4n) is 4.77. The second-order valence-corrected chi connectivity index (χ2v) is 9.81. The van der Waals surface area contributed by atoms with Crippen LogP contribution in [0.4, 0.5) is 5.69 Å².